The number of benzene rings is 1. The van der Waals surface area contributed by atoms with E-state index in [-0.39, 0.29) is 36.2 Å². The number of anilines is 1. The summed E-state index contributed by atoms with van der Waals surface area (Å²) in [7, 11) is -0.00148. The summed E-state index contributed by atoms with van der Waals surface area (Å²) in [6, 6.07) is 6.94. The molecule has 1 N–H and O–H groups in total. The van der Waals surface area contributed by atoms with E-state index in [1.165, 1.54) is 0 Å². The third-order valence-electron chi connectivity index (χ3n) is 7.24. The van der Waals surface area contributed by atoms with Gasteiger partial charge in [-0.2, -0.15) is 5.10 Å². The number of carbonyl (C=O) groups is 2. The van der Waals surface area contributed by atoms with Crippen molar-refractivity contribution in [1.29, 1.82) is 0 Å². The second-order valence-corrected chi connectivity index (χ2v) is 12.8. The van der Waals surface area contributed by atoms with Crippen LogP contribution >= 0.6 is 0 Å². The summed E-state index contributed by atoms with van der Waals surface area (Å²) in [5.41, 5.74) is 4.81. The molecule has 1 saturated carbocycles. The lowest BCUT2D eigenvalue weighted by Crippen LogP contribution is -2.44. The number of hydrogen-bond acceptors (Lipinski definition) is 7. The molecule has 9 nitrogen and oxygen atoms in total. The second-order valence-electron chi connectivity index (χ2n) is 10.7. The molecule has 3 aliphatic carbocycles. The van der Waals surface area contributed by atoms with Crippen molar-refractivity contribution in [3.63, 3.8) is 0 Å². The van der Waals surface area contributed by atoms with E-state index >= 15 is 0 Å². The zero-order chi connectivity index (χ0) is 29.6. The van der Waals surface area contributed by atoms with Gasteiger partial charge in [0, 0.05) is 24.8 Å². The number of hydrazone groups is 1. The Morgan fingerprint density at radius 2 is 1.83 bits per heavy atom. The molecule has 0 spiro atoms. The standard InChI is InChI=1S/C31H38N4O5S/c1-22-10-12-24(13-11-22)35(41(38,39)26-16-14-25(15-17-26)40-19-7-18-34(3)4)21-30(37)32-33-31-28-9-6-5-8-27(28)23(2)20-29(31)36/h5-6,8-16,26-28H,2,7,17-21H2,1,3-4H3,(H,32,37)/b33-31-. The van der Waals surface area contributed by atoms with E-state index in [9.17, 15) is 18.0 Å². The fourth-order valence-corrected chi connectivity index (χ4v) is 6.62. The van der Waals surface area contributed by atoms with Crippen LogP contribution < -0.4 is 9.73 Å². The molecule has 41 heavy (non-hydrogen) atoms. The van der Waals surface area contributed by atoms with Crippen LogP contribution in [0.15, 0.2) is 89.8 Å². The van der Waals surface area contributed by atoms with Gasteiger partial charge >= 0.3 is 0 Å². The molecule has 0 bridgehead atoms. The van der Waals surface area contributed by atoms with Crippen molar-refractivity contribution in [3.8, 4) is 0 Å². The van der Waals surface area contributed by atoms with Gasteiger partial charge in [0.05, 0.1) is 12.3 Å². The maximum absolute atomic E-state index is 13.8. The molecule has 10 heteroatoms. The van der Waals surface area contributed by atoms with Crippen molar-refractivity contribution in [2.24, 2.45) is 16.9 Å². The maximum Gasteiger partial charge on any atom is 0.260 e. The average molecular weight is 579 g/mol. The van der Waals surface area contributed by atoms with Gasteiger partial charge in [-0.1, -0.05) is 60.2 Å². The molecule has 0 heterocycles. The third kappa shape index (κ3) is 7.51. The van der Waals surface area contributed by atoms with Crippen LogP contribution in [-0.2, 0) is 24.3 Å². The molecule has 3 unspecified atom stereocenters. The molecule has 0 saturated heterocycles. The Bertz CT molecular complexity index is 1420. The van der Waals surface area contributed by atoms with Crippen LogP contribution in [0.1, 0.15) is 24.8 Å². The Hall–Kier alpha value is -3.76. The smallest absolute Gasteiger partial charge is 0.260 e. The summed E-state index contributed by atoms with van der Waals surface area (Å²) in [6.07, 6.45) is 13.8. The summed E-state index contributed by atoms with van der Waals surface area (Å²) >= 11 is 0. The Labute approximate surface area is 242 Å². The first-order valence-corrected chi connectivity index (χ1v) is 15.2. The van der Waals surface area contributed by atoms with Gasteiger partial charge in [0.2, 0.25) is 10.0 Å². The number of ether oxygens (including phenoxy) is 1. The Balaban J connectivity index is 1.48. The van der Waals surface area contributed by atoms with Crippen molar-refractivity contribution in [1.82, 2.24) is 10.3 Å². The normalized spacial score (nSPS) is 23.0. The van der Waals surface area contributed by atoms with Crippen LogP contribution in [0.3, 0.4) is 0 Å². The molecule has 0 aliphatic heterocycles. The highest BCUT2D eigenvalue weighted by Gasteiger charge is 2.37. The van der Waals surface area contributed by atoms with E-state index in [0.29, 0.717) is 18.1 Å². The molecule has 1 fully saturated rings. The number of nitrogens with one attached hydrogen (secondary N) is 1. The van der Waals surface area contributed by atoms with Crippen LogP contribution in [0.2, 0.25) is 0 Å². The summed E-state index contributed by atoms with van der Waals surface area (Å²) in [4.78, 5) is 27.9. The van der Waals surface area contributed by atoms with Crippen molar-refractivity contribution < 1.29 is 22.7 Å². The Morgan fingerprint density at radius 3 is 2.49 bits per heavy atom. The third-order valence-corrected chi connectivity index (χ3v) is 9.31. The topological polar surface area (TPSA) is 108 Å². The Kier molecular flexibility index (Phi) is 9.77. The number of amides is 1. The highest BCUT2D eigenvalue weighted by molar-refractivity contribution is 7.93. The number of Topliss-reactive ketones (excluding diaryl/α,β-unsaturated/α-hetero) is 1. The zero-order valence-electron chi connectivity index (χ0n) is 23.8. The Morgan fingerprint density at radius 1 is 1.12 bits per heavy atom. The van der Waals surface area contributed by atoms with Crippen molar-refractivity contribution in [3.05, 3.63) is 90.3 Å². The van der Waals surface area contributed by atoms with E-state index in [1.807, 2.05) is 45.3 Å². The van der Waals surface area contributed by atoms with E-state index in [0.717, 1.165) is 28.4 Å². The van der Waals surface area contributed by atoms with E-state index in [4.69, 9.17) is 4.74 Å². The molecular weight excluding hydrogens is 540 g/mol. The largest absolute Gasteiger partial charge is 0.494 e. The molecular formula is C31H38N4O5S. The van der Waals surface area contributed by atoms with Crippen LogP contribution in [0.4, 0.5) is 5.69 Å². The SMILES string of the molecule is C=C1CC(=O)/C(=N\NC(=O)CN(c2ccc(C)cc2)S(=O)(=O)C2C=CC(OCCCN(C)C)=CC2)C2C=CC=CC12. The molecule has 1 aromatic carbocycles. The van der Waals surface area contributed by atoms with Gasteiger partial charge in [-0.25, -0.2) is 13.8 Å². The number of sulfonamides is 1. The molecule has 1 amide bonds. The van der Waals surface area contributed by atoms with E-state index in [2.05, 4.69) is 22.0 Å². The number of carbonyl (C=O) groups excluding carboxylic acids is 2. The number of allylic oxidation sites excluding steroid dienone is 7. The predicted molar refractivity (Wildman–Crippen MR) is 162 cm³/mol. The van der Waals surface area contributed by atoms with E-state index < -0.39 is 27.7 Å². The molecule has 3 aliphatic rings. The average Bonchev–Trinajstić information content (AvgIpc) is 2.94. The quantitative estimate of drug-likeness (QED) is 0.244. The van der Waals surface area contributed by atoms with Gasteiger partial charge < -0.3 is 9.64 Å². The van der Waals surface area contributed by atoms with Gasteiger partial charge in [-0.15, -0.1) is 0 Å². The molecule has 218 valence electrons. The van der Waals surface area contributed by atoms with Gasteiger partial charge in [-0.05, 0) is 58.1 Å². The minimum Gasteiger partial charge on any atom is -0.494 e. The van der Waals surface area contributed by atoms with Gasteiger partial charge in [0.1, 0.15) is 23.3 Å². The second kappa shape index (κ2) is 13.3. The minimum absolute atomic E-state index is 0.0641. The monoisotopic (exact) mass is 578 g/mol. The summed E-state index contributed by atoms with van der Waals surface area (Å²) in [5, 5.41) is 3.30. The number of fused-ring (bicyclic) bond motifs is 1. The van der Waals surface area contributed by atoms with Gasteiger partial charge in [0.25, 0.3) is 5.91 Å². The molecule has 0 aromatic heterocycles. The highest BCUT2D eigenvalue weighted by Crippen LogP contribution is 2.34. The fourth-order valence-electron chi connectivity index (χ4n) is 4.97. The summed E-state index contributed by atoms with van der Waals surface area (Å²) in [5.74, 6) is -0.602. The molecule has 3 atom stereocenters. The summed E-state index contributed by atoms with van der Waals surface area (Å²) in [6.45, 7) is 6.86. The van der Waals surface area contributed by atoms with Crippen molar-refractivity contribution in [2.45, 2.75) is 31.4 Å². The molecule has 1 aromatic rings. The number of nitrogens with zero attached hydrogens (tertiary/aromatic N) is 3. The fraction of sp³-hybridized carbons (Fsp3) is 0.387. The first-order chi connectivity index (χ1) is 19.6. The lowest BCUT2D eigenvalue weighted by Gasteiger charge is -2.31. The zero-order valence-corrected chi connectivity index (χ0v) is 24.6. The van der Waals surface area contributed by atoms with Crippen LogP contribution in [0.25, 0.3) is 0 Å². The molecule has 0 radical (unpaired) electrons. The maximum atomic E-state index is 13.8. The van der Waals surface area contributed by atoms with Crippen molar-refractivity contribution >= 4 is 33.1 Å². The van der Waals surface area contributed by atoms with Crippen LogP contribution in [-0.4, -0.2) is 69.8 Å². The van der Waals surface area contributed by atoms with Crippen LogP contribution in [0.5, 0.6) is 0 Å². The number of aryl methyl sites for hydroxylation is 1. The molecule has 4 rings (SSSR count). The number of hydrogen-bond donors (Lipinski definition) is 1. The van der Waals surface area contributed by atoms with Crippen molar-refractivity contribution in [2.75, 3.05) is 38.1 Å². The van der Waals surface area contributed by atoms with E-state index in [1.54, 1.807) is 42.5 Å². The highest BCUT2D eigenvalue weighted by atomic mass is 32.2. The van der Waals surface area contributed by atoms with Gasteiger partial charge in [0.15, 0.2) is 5.78 Å². The number of ketones is 1. The minimum atomic E-state index is -3.99. The van der Waals surface area contributed by atoms with Gasteiger partial charge in [-0.3, -0.25) is 13.9 Å². The van der Waals surface area contributed by atoms with Crippen LogP contribution in [0, 0.1) is 18.8 Å². The lowest BCUT2D eigenvalue weighted by molar-refractivity contribution is -0.119. The first-order valence-electron chi connectivity index (χ1n) is 13.7. The summed E-state index contributed by atoms with van der Waals surface area (Å²) < 4.78 is 34.5. The first kappa shape index (κ1) is 30.2. The number of rotatable bonds is 11. The predicted octanol–water partition coefficient (Wildman–Crippen LogP) is 3.67. The lowest BCUT2D eigenvalue weighted by atomic mass is 9.72.